The molecule has 1 rings (SSSR count). The van der Waals surface area contributed by atoms with Crippen LogP contribution in [0, 0.1) is 0 Å². The Labute approximate surface area is 106 Å². The Bertz CT molecular complexity index is 536. The van der Waals surface area contributed by atoms with E-state index in [1.54, 1.807) is 0 Å². The zero-order chi connectivity index (χ0) is 14.4. The van der Waals surface area contributed by atoms with Gasteiger partial charge in [-0.1, -0.05) is 0 Å². The Balaban J connectivity index is 2.82. The van der Waals surface area contributed by atoms with E-state index in [0.29, 0.717) is 4.90 Å². The van der Waals surface area contributed by atoms with E-state index in [2.05, 4.69) is 4.98 Å². The average Bonchev–Trinajstić information content (AvgIpc) is 2.30. The molecule has 0 unspecified atom stereocenters. The van der Waals surface area contributed by atoms with E-state index >= 15 is 0 Å². The van der Waals surface area contributed by atoms with Gasteiger partial charge in [0.05, 0.1) is 0 Å². The first kappa shape index (κ1) is 14.4. The summed E-state index contributed by atoms with van der Waals surface area (Å²) < 4.78 is 0.957. The Kier molecular flexibility index (Phi) is 4.75. The van der Waals surface area contributed by atoms with E-state index in [1.165, 1.54) is 18.5 Å². The quantitative estimate of drug-likeness (QED) is 0.625. The van der Waals surface area contributed by atoms with Gasteiger partial charge in [0.2, 0.25) is 5.91 Å². The minimum atomic E-state index is -1.34. The van der Waals surface area contributed by atoms with Gasteiger partial charge in [-0.05, 0) is 6.07 Å². The first-order valence-electron chi connectivity index (χ1n) is 5.13. The van der Waals surface area contributed by atoms with Gasteiger partial charge in [-0.15, -0.1) is 0 Å². The monoisotopic (exact) mass is 269 g/mol. The fourth-order valence-electron chi connectivity index (χ4n) is 1.31. The molecule has 1 heterocycles. The number of carbonyl (C=O) groups is 3. The highest BCUT2D eigenvalue weighted by Gasteiger charge is 2.20. The molecule has 1 amide bonds. The van der Waals surface area contributed by atoms with Crippen molar-refractivity contribution in [2.24, 2.45) is 0 Å². The van der Waals surface area contributed by atoms with Crippen LogP contribution in [0.1, 0.15) is 0 Å². The van der Waals surface area contributed by atoms with Crippen LogP contribution in [0.25, 0.3) is 0 Å². The molecule has 9 nitrogen and oxygen atoms in total. The van der Waals surface area contributed by atoms with Gasteiger partial charge in [-0.3, -0.25) is 19.0 Å². The maximum atomic E-state index is 11.7. The molecule has 0 aliphatic carbocycles. The highest BCUT2D eigenvalue weighted by atomic mass is 16.4. The summed E-state index contributed by atoms with van der Waals surface area (Å²) in [6.45, 7) is -1.96. The standard InChI is InChI=1S/C10H11N3O6/c14-7(4-12-3-1-2-11-10(12)19)13(5-8(15)16)6-9(17)18/h1-3H,4-6H2,(H,15,16)(H,17,18). The van der Waals surface area contributed by atoms with Gasteiger partial charge in [-0.2, -0.15) is 0 Å². The minimum absolute atomic E-state index is 0.465. The molecule has 0 spiro atoms. The molecule has 9 heteroatoms. The van der Waals surface area contributed by atoms with Gasteiger partial charge in [0.1, 0.15) is 19.6 Å². The zero-order valence-corrected chi connectivity index (χ0v) is 9.72. The van der Waals surface area contributed by atoms with E-state index in [9.17, 15) is 19.2 Å². The van der Waals surface area contributed by atoms with Crippen LogP contribution in [0.4, 0.5) is 0 Å². The summed E-state index contributed by atoms with van der Waals surface area (Å²) in [6.07, 6.45) is 2.54. The van der Waals surface area contributed by atoms with Gasteiger partial charge in [0.15, 0.2) is 0 Å². The summed E-state index contributed by atoms with van der Waals surface area (Å²) in [5.41, 5.74) is -0.679. The number of hydrogen-bond donors (Lipinski definition) is 2. The molecule has 0 atom stereocenters. The summed E-state index contributed by atoms with van der Waals surface area (Å²) in [7, 11) is 0. The second-order valence-corrected chi connectivity index (χ2v) is 3.57. The molecular weight excluding hydrogens is 258 g/mol. The number of carbonyl (C=O) groups excluding carboxylic acids is 1. The summed E-state index contributed by atoms with van der Waals surface area (Å²) in [5, 5.41) is 17.2. The number of rotatable bonds is 6. The lowest BCUT2D eigenvalue weighted by Gasteiger charge is -2.18. The van der Waals surface area contributed by atoms with Crippen molar-refractivity contribution >= 4 is 17.8 Å². The van der Waals surface area contributed by atoms with Crippen LogP contribution in [0.3, 0.4) is 0 Å². The third-order valence-electron chi connectivity index (χ3n) is 2.09. The van der Waals surface area contributed by atoms with Crippen LogP contribution < -0.4 is 5.69 Å². The van der Waals surface area contributed by atoms with Gasteiger partial charge in [0, 0.05) is 12.4 Å². The fourth-order valence-corrected chi connectivity index (χ4v) is 1.31. The summed E-state index contributed by atoms with van der Waals surface area (Å²) in [6, 6.07) is 1.42. The first-order valence-corrected chi connectivity index (χ1v) is 5.13. The van der Waals surface area contributed by atoms with Crippen LogP contribution in [0.5, 0.6) is 0 Å². The molecule has 0 aliphatic rings. The number of nitrogens with zero attached hydrogens (tertiary/aromatic N) is 3. The number of aromatic nitrogens is 2. The molecule has 0 aliphatic heterocycles. The number of aliphatic carboxylic acids is 2. The number of hydrogen-bond acceptors (Lipinski definition) is 5. The van der Waals surface area contributed by atoms with Crippen LogP contribution in [-0.2, 0) is 20.9 Å². The predicted molar refractivity (Wildman–Crippen MR) is 60.3 cm³/mol. The Morgan fingerprint density at radius 3 is 2.26 bits per heavy atom. The Hall–Kier alpha value is -2.71. The molecule has 102 valence electrons. The van der Waals surface area contributed by atoms with Gasteiger partial charge < -0.3 is 15.1 Å². The predicted octanol–water partition coefficient (Wildman–Crippen LogP) is -1.76. The number of carboxylic acids is 2. The van der Waals surface area contributed by atoms with Crippen molar-refractivity contribution in [3.8, 4) is 0 Å². The SMILES string of the molecule is O=C(O)CN(CC(=O)O)C(=O)Cn1cccnc1=O. The molecule has 0 saturated heterocycles. The minimum Gasteiger partial charge on any atom is -0.480 e. The van der Waals surface area contributed by atoms with Gasteiger partial charge in [-0.25, -0.2) is 9.78 Å². The van der Waals surface area contributed by atoms with Gasteiger partial charge >= 0.3 is 17.6 Å². The third kappa shape index (κ3) is 4.58. The second-order valence-electron chi connectivity index (χ2n) is 3.57. The molecule has 0 aromatic carbocycles. The lowest BCUT2D eigenvalue weighted by molar-refractivity contribution is -0.149. The maximum absolute atomic E-state index is 11.7. The van der Waals surface area contributed by atoms with Crippen molar-refractivity contribution in [1.29, 1.82) is 0 Å². The number of carboxylic acid groups (broad SMARTS) is 2. The van der Waals surface area contributed by atoms with E-state index in [4.69, 9.17) is 10.2 Å². The van der Waals surface area contributed by atoms with Crippen molar-refractivity contribution in [2.75, 3.05) is 13.1 Å². The van der Waals surface area contributed by atoms with E-state index in [0.717, 1.165) is 4.57 Å². The molecule has 0 saturated carbocycles. The maximum Gasteiger partial charge on any atom is 0.347 e. The fraction of sp³-hybridized carbons (Fsp3) is 0.300. The van der Waals surface area contributed by atoms with E-state index in [1.807, 2.05) is 0 Å². The summed E-state index contributed by atoms with van der Waals surface area (Å²) >= 11 is 0. The van der Waals surface area contributed by atoms with E-state index in [-0.39, 0.29) is 0 Å². The van der Waals surface area contributed by atoms with E-state index < -0.39 is 43.2 Å². The van der Waals surface area contributed by atoms with Crippen molar-refractivity contribution in [3.63, 3.8) is 0 Å². The molecule has 0 radical (unpaired) electrons. The smallest absolute Gasteiger partial charge is 0.347 e. The Morgan fingerprint density at radius 2 is 1.79 bits per heavy atom. The lowest BCUT2D eigenvalue weighted by atomic mass is 10.4. The van der Waals surface area contributed by atoms with Crippen molar-refractivity contribution in [2.45, 2.75) is 6.54 Å². The van der Waals surface area contributed by atoms with Crippen molar-refractivity contribution in [1.82, 2.24) is 14.5 Å². The molecular formula is C10H11N3O6. The lowest BCUT2D eigenvalue weighted by Crippen LogP contribution is -2.42. The molecule has 1 aromatic rings. The third-order valence-corrected chi connectivity index (χ3v) is 2.09. The first-order chi connectivity index (χ1) is 8.90. The molecule has 1 aromatic heterocycles. The van der Waals surface area contributed by atoms with Crippen molar-refractivity contribution in [3.05, 3.63) is 28.9 Å². The summed E-state index contributed by atoms with van der Waals surface area (Å²) in [5.74, 6) is -3.47. The molecule has 0 fully saturated rings. The number of amides is 1. The van der Waals surface area contributed by atoms with Crippen molar-refractivity contribution < 1.29 is 24.6 Å². The second kappa shape index (κ2) is 6.28. The molecule has 19 heavy (non-hydrogen) atoms. The Morgan fingerprint density at radius 1 is 1.21 bits per heavy atom. The topological polar surface area (TPSA) is 130 Å². The zero-order valence-electron chi connectivity index (χ0n) is 9.72. The average molecular weight is 269 g/mol. The van der Waals surface area contributed by atoms with Gasteiger partial charge in [0.25, 0.3) is 0 Å². The summed E-state index contributed by atoms with van der Waals surface area (Å²) in [4.78, 5) is 48.2. The van der Waals surface area contributed by atoms with Crippen LogP contribution in [0.2, 0.25) is 0 Å². The molecule has 2 N–H and O–H groups in total. The van der Waals surface area contributed by atoms with Crippen LogP contribution in [-0.4, -0.2) is 55.6 Å². The highest BCUT2D eigenvalue weighted by Crippen LogP contribution is 1.93. The highest BCUT2D eigenvalue weighted by molar-refractivity contribution is 5.84. The normalized spacial score (nSPS) is 9.89. The molecule has 0 bridgehead atoms. The van der Waals surface area contributed by atoms with Crippen LogP contribution >= 0.6 is 0 Å². The van der Waals surface area contributed by atoms with Crippen LogP contribution in [0.15, 0.2) is 23.3 Å². The largest absolute Gasteiger partial charge is 0.480 e.